The topological polar surface area (TPSA) is 92.1 Å². The van der Waals surface area contributed by atoms with Gasteiger partial charge in [-0.3, -0.25) is 9.69 Å². The van der Waals surface area contributed by atoms with Gasteiger partial charge in [0.1, 0.15) is 12.4 Å². The minimum absolute atomic E-state index is 0.0471. The number of terminal acetylenes is 1. The molecule has 2 saturated heterocycles. The summed E-state index contributed by atoms with van der Waals surface area (Å²) in [5.74, 6) is 2.68. The third kappa shape index (κ3) is 5.82. The maximum absolute atomic E-state index is 12.5. The summed E-state index contributed by atoms with van der Waals surface area (Å²) in [7, 11) is 2.18. The van der Waals surface area contributed by atoms with Crippen molar-refractivity contribution < 1.29 is 9.53 Å². The summed E-state index contributed by atoms with van der Waals surface area (Å²) >= 11 is 6.73. The highest BCUT2D eigenvalue weighted by Gasteiger charge is 2.49. The number of nitriles is 1. The molecule has 1 atom stereocenters. The summed E-state index contributed by atoms with van der Waals surface area (Å²) < 4.78 is 6.51. The Kier molecular flexibility index (Phi) is 8.37. The van der Waals surface area contributed by atoms with E-state index in [-0.39, 0.29) is 23.9 Å². The number of nitrogens with zero attached hydrogens (tertiary/aromatic N) is 8. The predicted molar refractivity (Wildman–Crippen MR) is 179 cm³/mol. The van der Waals surface area contributed by atoms with E-state index in [9.17, 15) is 10.1 Å². The number of ether oxygens (including phenoxy) is 1. The van der Waals surface area contributed by atoms with Crippen LogP contribution in [0.2, 0.25) is 5.02 Å². The van der Waals surface area contributed by atoms with Crippen LogP contribution in [0.5, 0.6) is 6.01 Å². The largest absolute Gasteiger partial charge is 0.461 e. The fraction of sp³-hybridized carbons (Fsp3) is 0.486. The Morgan fingerprint density at radius 3 is 2.59 bits per heavy atom. The summed E-state index contributed by atoms with van der Waals surface area (Å²) in [6.45, 7) is 7.59. The number of carbonyl (C=O) groups excluding carboxylic acids is 1. The van der Waals surface area contributed by atoms with Gasteiger partial charge in [0.25, 0.3) is 5.91 Å². The molecule has 0 unspecified atom stereocenters. The van der Waals surface area contributed by atoms with Gasteiger partial charge in [0, 0.05) is 69.0 Å². The van der Waals surface area contributed by atoms with E-state index in [0.29, 0.717) is 38.8 Å². The SMILES string of the molecule is C#CC(=O)N1CCN(c2nc(OCC3(N4CCN(C)CC4)CC3)nc3c2CCN(c2cccc4cccc(Cl)c24)C3)C[C@@H]1CC#N. The van der Waals surface area contributed by atoms with Crippen molar-refractivity contribution >= 4 is 39.8 Å². The lowest BCUT2D eigenvalue weighted by Gasteiger charge is -2.42. The minimum Gasteiger partial charge on any atom is -0.461 e. The van der Waals surface area contributed by atoms with Crippen molar-refractivity contribution in [3.8, 4) is 24.4 Å². The summed E-state index contributed by atoms with van der Waals surface area (Å²) in [5, 5.41) is 12.4. The summed E-state index contributed by atoms with van der Waals surface area (Å²) in [5.41, 5.74) is 3.14. The lowest BCUT2D eigenvalue weighted by Crippen LogP contribution is -2.55. The molecule has 238 valence electrons. The van der Waals surface area contributed by atoms with E-state index >= 15 is 0 Å². The van der Waals surface area contributed by atoms with E-state index in [0.717, 1.165) is 90.5 Å². The maximum Gasteiger partial charge on any atom is 0.318 e. The number of halogens is 1. The van der Waals surface area contributed by atoms with Gasteiger partial charge in [0.05, 0.1) is 41.3 Å². The Morgan fingerprint density at radius 1 is 1.07 bits per heavy atom. The monoisotopic (exact) mass is 638 g/mol. The zero-order valence-electron chi connectivity index (χ0n) is 26.3. The number of piperazine rings is 2. The number of aromatic nitrogens is 2. The molecule has 0 spiro atoms. The van der Waals surface area contributed by atoms with Crippen LogP contribution in [0.3, 0.4) is 0 Å². The first-order chi connectivity index (χ1) is 22.4. The quantitative estimate of drug-likeness (QED) is 0.360. The highest BCUT2D eigenvalue weighted by atomic mass is 35.5. The van der Waals surface area contributed by atoms with Gasteiger partial charge in [-0.25, -0.2) is 0 Å². The molecule has 46 heavy (non-hydrogen) atoms. The van der Waals surface area contributed by atoms with Gasteiger partial charge in [-0.05, 0) is 49.7 Å². The molecule has 3 fully saturated rings. The lowest BCUT2D eigenvalue weighted by atomic mass is 10.0. The second-order valence-corrected chi connectivity index (χ2v) is 13.4. The van der Waals surface area contributed by atoms with Gasteiger partial charge < -0.3 is 24.3 Å². The minimum atomic E-state index is -0.378. The van der Waals surface area contributed by atoms with E-state index in [2.05, 4.69) is 62.9 Å². The van der Waals surface area contributed by atoms with Gasteiger partial charge in [0.15, 0.2) is 0 Å². The van der Waals surface area contributed by atoms with Crippen LogP contribution >= 0.6 is 11.6 Å². The third-order valence-corrected chi connectivity index (χ3v) is 10.5. The highest BCUT2D eigenvalue weighted by Crippen LogP contribution is 2.43. The van der Waals surface area contributed by atoms with Crippen LogP contribution < -0.4 is 14.5 Å². The van der Waals surface area contributed by atoms with Gasteiger partial charge in [0.2, 0.25) is 0 Å². The lowest BCUT2D eigenvalue weighted by molar-refractivity contribution is -0.127. The van der Waals surface area contributed by atoms with Crippen molar-refractivity contribution in [1.29, 1.82) is 5.26 Å². The smallest absolute Gasteiger partial charge is 0.318 e. The van der Waals surface area contributed by atoms with Crippen LogP contribution in [0.25, 0.3) is 10.8 Å². The standard InChI is InChI=1S/C35H39ClN8O2/c1-3-31(45)44-21-18-42(22-26(44)10-14-37)33-27-11-15-41(30-9-5-7-25-6-4-8-28(36)32(25)30)23-29(27)38-34(39-33)46-24-35(12-13-35)43-19-16-40(2)17-20-43/h1,4-9,26H,10-13,15-24H2,2H3/t26-/m0/s1. The molecule has 1 amide bonds. The summed E-state index contributed by atoms with van der Waals surface area (Å²) in [4.78, 5) is 33.7. The average Bonchev–Trinajstić information content (AvgIpc) is 3.88. The molecule has 1 aromatic heterocycles. The highest BCUT2D eigenvalue weighted by molar-refractivity contribution is 6.36. The Bertz CT molecular complexity index is 1720. The molecule has 7 rings (SSSR count). The van der Waals surface area contributed by atoms with E-state index in [1.807, 2.05) is 12.1 Å². The van der Waals surface area contributed by atoms with Gasteiger partial charge in [-0.2, -0.15) is 15.2 Å². The molecule has 3 aliphatic heterocycles. The Labute approximate surface area is 275 Å². The molecule has 3 aromatic rings. The number of likely N-dealkylation sites (N-methyl/N-ethyl adjacent to an activating group) is 1. The van der Waals surface area contributed by atoms with Crippen molar-refractivity contribution in [3.05, 3.63) is 52.7 Å². The van der Waals surface area contributed by atoms with E-state index in [1.54, 1.807) is 4.90 Å². The zero-order valence-corrected chi connectivity index (χ0v) is 27.0. The first kappa shape index (κ1) is 30.6. The Hall–Kier alpha value is -4.09. The first-order valence-corrected chi connectivity index (χ1v) is 16.5. The van der Waals surface area contributed by atoms with E-state index in [1.165, 1.54) is 0 Å². The maximum atomic E-state index is 12.5. The Morgan fingerprint density at radius 2 is 1.85 bits per heavy atom. The van der Waals surface area contributed by atoms with Crippen LogP contribution in [0.4, 0.5) is 11.5 Å². The van der Waals surface area contributed by atoms with Crippen molar-refractivity contribution in [2.45, 2.75) is 43.8 Å². The third-order valence-electron chi connectivity index (χ3n) is 10.2. The van der Waals surface area contributed by atoms with Crippen molar-refractivity contribution in [2.75, 3.05) is 75.8 Å². The number of amides is 1. The molecule has 1 saturated carbocycles. The molecule has 2 aromatic carbocycles. The normalized spacial score (nSPS) is 21.4. The number of hydrogen-bond donors (Lipinski definition) is 0. The van der Waals surface area contributed by atoms with Crippen molar-refractivity contribution in [3.63, 3.8) is 0 Å². The second-order valence-electron chi connectivity index (χ2n) is 12.9. The summed E-state index contributed by atoms with van der Waals surface area (Å²) in [6, 6.07) is 14.6. The second kappa shape index (κ2) is 12.6. The van der Waals surface area contributed by atoms with Crippen LogP contribution in [-0.4, -0.2) is 108 Å². The molecule has 11 heteroatoms. The summed E-state index contributed by atoms with van der Waals surface area (Å²) in [6.07, 6.45) is 8.63. The average molecular weight is 639 g/mol. The zero-order chi connectivity index (χ0) is 31.8. The predicted octanol–water partition coefficient (Wildman–Crippen LogP) is 3.57. The molecule has 1 aliphatic carbocycles. The van der Waals surface area contributed by atoms with E-state index < -0.39 is 0 Å². The first-order valence-electron chi connectivity index (χ1n) is 16.2. The molecule has 4 aliphatic rings. The van der Waals surface area contributed by atoms with Crippen LogP contribution in [0.15, 0.2) is 36.4 Å². The fourth-order valence-corrected chi connectivity index (χ4v) is 7.59. The number of carbonyl (C=O) groups is 1. The number of fused-ring (bicyclic) bond motifs is 2. The van der Waals surface area contributed by atoms with Gasteiger partial charge in [-0.15, -0.1) is 6.42 Å². The fourth-order valence-electron chi connectivity index (χ4n) is 7.31. The molecular formula is C35H39ClN8O2. The van der Waals surface area contributed by atoms with Gasteiger partial charge >= 0.3 is 6.01 Å². The molecule has 0 N–H and O–H groups in total. The molecule has 4 heterocycles. The molecule has 0 radical (unpaired) electrons. The van der Waals surface area contributed by atoms with Crippen molar-refractivity contribution in [2.24, 2.45) is 0 Å². The number of hydrogen-bond acceptors (Lipinski definition) is 9. The molecular weight excluding hydrogens is 600 g/mol. The number of anilines is 2. The van der Waals surface area contributed by atoms with Crippen LogP contribution in [0.1, 0.15) is 30.5 Å². The Balaban J connectivity index is 1.20. The van der Waals surface area contributed by atoms with Crippen LogP contribution in [-0.2, 0) is 17.8 Å². The number of benzene rings is 2. The molecule has 0 bridgehead atoms. The number of rotatable bonds is 7. The van der Waals surface area contributed by atoms with E-state index in [4.69, 9.17) is 32.7 Å². The van der Waals surface area contributed by atoms with Gasteiger partial charge in [-0.1, -0.05) is 35.9 Å². The van der Waals surface area contributed by atoms with Crippen molar-refractivity contribution in [1.82, 2.24) is 24.7 Å². The van der Waals surface area contributed by atoms with Crippen LogP contribution in [0, 0.1) is 23.7 Å². The molecule has 10 nitrogen and oxygen atoms in total.